The van der Waals surface area contributed by atoms with Crippen LogP contribution in [0.25, 0.3) is 17.0 Å². The summed E-state index contributed by atoms with van der Waals surface area (Å²) in [4.78, 5) is 14.4. The molecule has 5 nitrogen and oxygen atoms in total. The summed E-state index contributed by atoms with van der Waals surface area (Å²) in [6.07, 6.45) is 1.29. The lowest BCUT2D eigenvalue weighted by Gasteiger charge is -1.98. The summed E-state index contributed by atoms with van der Waals surface area (Å²) >= 11 is 0. The lowest BCUT2D eigenvalue weighted by molar-refractivity contribution is -0.137. The van der Waals surface area contributed by atoms with Gasteiger partial charge in [-0.1, -0.05) is 12.1 Å². The number of aromatic hydroxyl groups is 1. The summed E-state index contributed by atoms with van der Waals surface area (Å²) in [6.45, 7) is 1.85. The van der Waals surface area contributed by atoms with Gasteiger partial charge in [-0.15, -0.1) is 0 Å². The molecule has 0 aliphatic rings. The monoisotopic (exact) mass is 256 g/mol. The number of benzene rings is 1. The van der Waals surface area contributed by atoms with Gasteiger partial charge < -0.3 is 14.8 Å². The Morgan fingerprint density at radius 3 is 2.89 bits per heavy atom. The predicted octanol–water partition coefficient (Wildman–Crippen LogP) is 2.34. The van der Waals surface area contributed by atoms with Gasteiger partial charge in [-0.3, -0.25) is 0 Å². The van der Waals surface area contributed by atoms with E-state index in [1.165, 1.54) is 6.08 Å². The number of rotatable bonds is 3. The molecule has 0 saturated heterocycles. The quantitative estimate of drug-likeness (QED) is 0.501. The Balaban J connectivity index is 2.47. The smallest absolute Gasteiger partial charge is 0.348 e. The lowest BCUT2D eigenvalue weighted by Crippen LogP contribution is -2.06. The Labute approximate surface area is 109 Å². The van der Waals surface area contributed by atoms with E-state index in [9.17, 15) is 9.90 Å². The number of fused-ring (bicyclic) bond motifs is 1. The molecule has 96 valence electrons. The van der Waals surface area contributed by atoms with Gasteiger partial charge in [0.15, 0.2) is 0 Å². The molecule has 0 fully saturated rings. The van der Waals surface area contributed by atoms with Crippen molar-refractivity contribution in [3.63, 3.8) is 0 Å². The predicted molar refractivity (Wildman–Crippen MR) is 70.2 cm³/mol. The number of carbonyl (C=O) groups excluding carboxylic acids is 1. The molecule has 0 bridgehead atoms. The van der Waals surface area contributed by atoms with Crippen molar-refractivity contribution in [1.29, 1.82) is 5.26 Å². The molecule has 19 heavy (non-hydrogen) atoms. The Morgan fingerprint density at radius 2 is 2.26 bits per heavy atom. The van der Waals surface area contributed by atoms with Crippen LogP contribution in [0, 0.1) is 11.3 Å². The number of nitrogens with one attached hydrogen (secondary N) is 1. The summed E-state index contributed by atoms with van der Waals surface area (Å²) < 4.78 is 4.76. The molecule has 0 atom stereocenters. The van der Waals surface area contributed by atoms with Gasteiger partial charge in [0.1, 0.15) is 17.4 Å². The Morgan fingerprint density at radius 1 is 1.53 bits per heavy atom. The Kier molecular flexibility index (Phi) is 3.53. The van der Waals surface area contributed by atoms with Gasteiger partial charge in [-0.2, -0.15) is 5.26 Å². The van der Waals surface area contributed by atoms with E-state index in [-0.39, 0.29) is 17.9 Å². The molecule has 0 unspecified atom stereocenters. The van der Waals surface area contributed by atoms with E-state index in [0.29, 0.717) is 11.1 Å². The van der Waals surface area contributed by atoms with Crippen LogP contribution in [0.5, 0.6) is 5.75 Å². The summed E-state index contributed by atoms with van der Waals surface area (Å²) in [5.74, 6) is -0.698. The van der Waals surface area contributed by atoms with Crippen LogP contribution in [0.15, 0.2) is 29.8 Å². The number of hydrogen-bond acceptors (Lipinski definition) is 4. The Hall–Kier alpha value is -2.74. The van der Waals surface area contributed by atoms with Crippen molar-refractivity contribution in [2.75, 3.05) is 6.61 Å². The highest BCUT2D eigenvalue weighted by molar-refractivity contribution is 6.00. The first-order valence-corrected chi connectivity index (χ1v) is 5.76. The van der Waals surface area contributed by atoms with Crippen LogP contribution in [0.3, 0.4) is 0 Å². The van der Waals surface area contributed by atoms with Gasteiger partial charge in [0, 0.05) is 10.9 Å². The second-order valence-electron chi connectivity index (χ2n) is 3.82. The standard InChI is InChI=1S/C14H12N2O3/c1-2-19-14(18)9(8-15)7-12-13(17)10-5-3-4-6-11(10)16-12/h3-7,16-17H,2H2,1H3. The highest BCUT2D eigenvalue weighted by atomic mass is 16.5. The van der Waals surface area contributed by atoms with Crippen LogP contribution >= 0.6 is 0 Å². The van der Waals surface area contributed by atoms with Crippen LogP contribution in [-0.4, -0.2) is 22.7 Å². The molecule has 2 N–H and O–H groups in total. The van der Waals surface area contributed by atoms with Crippen LogP contribution < -0.4 is 0 Å². The van der Waals surface area contributed by atoms with Gasteiger partial charge in [-0.25, -0.2) is 4.79 Å². The first-order chi connectivity index (χ1) is 9.17. The SMILES string of the molecule is CCOC(=O)C(C#N)=Cc1[nH]c2ccccc2c1O. The molecule has 0 spiro atoms. The van der Waals surface area contributed by atoms with Crippen LogP contribution in [0.4, 0.5) is 0 Å². The third-order valence-electron chi connectivity index (χ3n) is 2.61. The molecule has 0 saturated carbocycles. The van der Waals surface area contributed by atoms with E-state index in [0.717, 1.165) is 5.52 Å². The second kappa shape index (κ2) is 5.27. The number of H-pyrrole nitrogens is 1. The molecule has 2 rings (SSSR count). The van der Waals surface area contributed by atoms with E-state index < -0.39 is 5.97 Å². The fraction of sp³-hybridized carbons (Fsp3) is 0.143. The number of hydrogen-bond donors (Lipinski definition) is 2. The highest BCUT2D eigenvalue weighted by Gasteiger charge is 2.13. The summed E-state index contributed by atoms with van der Waals surface area (Å²) in [7, 11) is 0. The van der Waals surface area contributed by atoms with Crippen LogP contribution in [0.1, 0.15) is 12.6 Å². The van der Waals surface area contributed by atoms with Gasteiger partial charge in [0.2, 0.25) is 0 Å². The molecule has 5 heteroatoms. The van der Waals surface area contributed by atoms with E-state index in [1.54, 1.807) is 31.2 Å². The minimum Gasteiger partial charge on any atom is -0.505 e. The van der Waals surface area contributed by atoms with Crippen molar-refractivity contribution in [1.82, 2.24) is 4.98 Å². The topological polar surface area (TPSA) is 86.1 Å². The number of aromatic amines is 1. The molecule has 0 radical (unpaired) electrons. The van der Waals surface area contributed by atoms with E-state index >= 15 is 0 Å². The van der Waals surface area contributed by atoms with Gasteiger partial charge in [-0.05, 0) is 25.1 Å². The molecule has 0 amide bonds. The molecular weight excluding hydrogens is 244 g/mol. The largest absolute Gasteiger partial charge is 0.505 e. The fourth-order valence-electron chi connectivity index (χ4n) is 1.74. The maximum Gasteiger partial charge on any atom is 0.348 e. The molecule has 2 aromatic rings. The van der Waals surface area contributed by atoms with Gasteiger partial charge in [0.05, 0.1) is 12.3 Å². The van der Waals surface area contributed by atoms with Crippen molar-refractivity contribution in [2.24, 2.45) is 0 Å². The third-order valence-corrected chi connectivity index (χ3v) is 2.61. The van der Waals surface area contributed by atoms with Crippen molar-refractivity contribution < 1.29 is 14.6 Å². The number of esters is 1. The number of ether oxygens (including phenoxy) is 1. The number of nitrogens with zero attached hydrogens (tertiary/aromatic N) is 1. The average Bonchev–Trinajstić information content (AvgIpc) is 2.73. The van der Waals surface area contributed by atoms with Gasteiger partial charge in [0.25, 0.3) is 0 Å². The van der Waals surface area contributed by atoms with Crippen molar-refractivity contribution in [3.8, 4) is 11.8 Å². The molecular formula is C14H12N2O3. The number of aromatic nitrogens is 1. The average molecular weight is 256 g/mol. The zero-order valence-corrected chi connectivity index (χ0v) is 10.3. The first kappa shape index (κ1) is 12.7. The molecule has 0 aliphatic heterocycles. The van der Waals surface area contributed by atoms with Crippen LogP contribution in [0.2, 0.25) is 0 Å². The lowest BCUT2D eigenvalue weighted by atomic mass is 10.2. The Bertz CT molecular complexity index is 692. The number of carbonyl (C=O) groups is 1. The summed E-state index contributed by atoms with van der Waals surface area (Å²) in [6, 6.07) is 8.91. The maximum atomic E-state index is 11.5. The molecule has 1 aromatic carbocycles. The normalized spacial score (nSPS) is 11.3. The van der Waals surface area contributed by atoms with E-state index in [4.69, 9.17) is 10.00 Å². The minimum absolute atomic E-state index is 0.00708. The van der Waals surface area contributed by atoms with Crippen molar-refractivity contribution in [2.45, 2.75) is 6.92 Å². The number of nitriles is 1. The van der Waals surface area contributed by atoms with Crippen molar-refractivity contribution >= 4 is 22.9 Å². The van der Waals surface area contributed by atoms with E-state index in [1.807, 2.05) is 6.07 Å². The third kappa shape index (κ3) is 2.43. The first-order valence-electron chi connectivity index (χ1n) is 5.76. The summed E-state index contributed by atoms with van der Waals surface area (Å²) in [5.41, 5.74) is 0.877. The zero-order chi connectivity index (χ0) is 13.8. The molecule has 0 aliphatic carbocycles. The zero-order valence-electron chi connectivity index (χ0n) is 10.3. The highest BCUT2D eigenvalue weighted by Crippen LogP contribution is 2.30. The second-order valence-corrected chi connectivity index (χ2v) is 3.82. The minimum atomic E-state index is -0.706. The fourth-order valence-corrected chi connectivity index (χ4v) is 1.74. The molecule has 1 heterocycles. The van der Waals surface area contributed by atoms with Crippen molar-refractivity contribution in [3.05, 3.63) is 35.5 Å². The maximum absolute atomic E-state index is 11.5. The van der Waals surface area contributed by atoms with E-state index in [2.05, 4.69) is 4.98 Å². The molecule has 1 aromatic heterocycles. The van der Waals surface area contributed by atoms with Crippen LogP contribution in [-0.2, 0) is 9.53 Å². The summed E-state index contributed by atoms with van der Waals surface area (Å²) in [5, 5.41) is 19.6. The number of para-hydroxylation sites is 1. The van der Waals surface area contributed by atoms with Gasteiger partial charge >= 0.3 is 5.97 Å².